The summed E-state index contributed by atoms with van der Waals surface area (Å²) >= 11 is 0. The summed E-state index contributed by atoms with van der Waals surface area (Å²) in [5.74, 6) is 0.532. The first kappa shape index (κ1) is 8.50. The van der Waals surface area contributed by atoms with E-state index in [9.17, 15) is 4.79 Å². The number of benzene rings is 1. The number of hydrogen-bond acceptors (Lipinski definition) is 3. The summed E-state index contributed by atoms with van der Waals surface area (Å²) in [7, 11) is 0. The zero-order valence-corrected chi connectivity index (χ0v) is 7.40. The molecule has 4 heteroatoms. The number of nitrogens with zero attached hydrogens (tertiary/aromatic N) is 1. The van der Waals surface area contributed by atoms with Gasteiger partial charge in [0.25, 0.3) is 5.56 Å². The zero-order chi connectivity index (χ0) is 9.97. The molecular weight excluding hydrogens is 178 g/mol. The van der Waals surface area contributed by atoms with E-state index in [4.69, 9.17) is 5.73 Å². The highest BCUT2D eigenvalue weighted by atomic mass is 16.1. The van der Waals surface area contributed by atoms with Gasteiger partial charge in [-0.1, -0.05) is 30.3 Å². The zero-order valence-electron chi connectivity index (χ0n) is 7.40. The fourth-order valence-electron chi connectivity index (χ4n) is 1.15. The molecule has 14 heavy (non-hydrogen) atoms. The molecule has 0 spiro atoms. The molecule has 0 saturated heterocycles. The smallest absolute Gasteiger partial charge is 0.296 e. The summed E-state index contributed by atoms with van der Waals surface area (Å²) in [6, 6.07) is 9.40. The van der Waals surface area contributed by atoms with Gasteiger partial charge in [-0.15, -0.1) is 0 Å². The van der Waals surface area contributed by atoms with Crippen molar-refractivity contribution in [3.63, 3.8) is 0 Å². The first-order chi connectivity index (χ1) is 6.77. The van der Waals surface area contributed by atoms with Crippen LogP contribution in [0.5, 0.6) is 0 Å². The Kier molecular flexibility index (Phi) is 2.02. The summed E-state index contributed by atoms with van der Waals surface area (Å²) in [4.78, 5) is 17.8. The van der Waals surface area contributed by atoms with E-state index in [-0.39, 0.29) is 5.69 Å². The van der Waals surface area contributed by atoms with Crippen LogP contribution in [0.2, 0.25) is 0 Å². The van der Waals surface area contributed by atoms with Gasteiger partial charge in [0.2, 0.25) is 0 Å². The monoisotopic (exact) mass is 187 g/mol. The molecule has 0 fully saturated rings. The predicted octanol–water partition coefficient (Wildman–Crippen LogP) is 1.02. The average molecular weight is 187 g/mol. The summed E-state index contributed by atoms with van der Waals surface area (Å²) < 4.78 is 0. The van der Waals surface area contributed by atoms with Crippen molar-refractivity contribution < 1.29 is 0 Å². The second-order valence-electron chi connectivity index (χ2n) is 2.88. The van der Waals surface area contributed by atoms with Crippen molar-refractivity contribution in [2.24, 2.45) is 0 Å². The Morgan fingerprint density at radius 2 is 1.93 bits per heavy atom. The first-order valence-electron chi connectivity index (χ1n) is 4.18. The molecule has 3 N–H and O–H groups in total. The van der Waals surface area contributed by atoms with Crippen LogP contribution in [0, 0.1) is 0 Å². The summed E-state index contributed by atoms with van der Waals surface area (Å²) in [5, 5.41) is 0. The van der Waals surface area contributed by atoms with Gasteiger partial charge < -0.3 is 10.7 Å². The normalized spacial score (nSPS) is 10.0. The van der Waals surface area contributed by atoms with Gasteiger partial charge in [0.15, 0.2) is 0 Å². The number of aromatic amines is 1. The maximum Gasteiger partial charge on any atom is 0.296 e. The highest BCUT2D eigenvalue weighted by Crippen LogP contribution is 2.11. The molecule has 0 bridgehead atoms. The van der Waals surface area contributed by atoms with E-state index < -0.39 is 5.56 Å². The lowest BCUT2D eigenvalue weighted by Crippen LogP contribution is -2.13. The average Bonchev–Trinajstić information content (AvgIpc) is 2.23. The van der Waals surface area contributed by atoms with Gasteiger partial charge in [-0.05, 0) is 0 Å². The van der Waals surface area contributed by atoms with Crippen molar-refractivity contribution in [1.82, 2.24) is 9.97 Å². The van der Waals surface area contributed by atoms with Gasteiger partial charge in [-0.2, -0.15) is 4.98 Å². The molecular formula is C10H9N3O. The lowest BCUT2D eigenvalue weighted by molar-refractivity contribution is 1.13. The fraction of sp³-hybridized carbons (Fsp3) is 0. The molecule has 0 aliphatic rings. The Labute approximate surface area is 80.4 Å². The number of aromatic nitrogens is 2. The third kappa shape index (κ3) is 1.50. The number of H-pyrrole nitrogens is 1. The fourth-order valence-corrected chi connectivity index (χ4v) is 1.15. The number of hydrogen-bond donors (Lipinski definition) is 2. The van der Waals surface area contributed by atoms with Crippen LogP contribution in [0.1, 0.15) is 0 Å². The Morgan fingerprint density at radius 1 is 1.21 bits per heavy atom. The minimum absolute atomic E-state index is 0.129. The lowest BCUT2D eigenvalue weighted by Gasteiger charge is -1.99. The molecule has 0 aliphatic carbocycles. The second kappa shape index (κ2) is 3.33. The van der Waals surface area contributed by atoms with Crippen molar-refractivity contribution in [3.05, 3.63) is 46.9 Å². The molecule has 0 saturated carbocycles. The Bertz CT molecular complexity index is 490. The Balaban J connectivity index is 2.54. The first-order valence-corrected chi connectivity index (χ1v) is 4.18. The van der Waals surface area contributed by atoms with E-state index in [0.717, 1.165) is 5.56 Å². The van der Waals surface area contributed by atoms with Gasteiger partial charge >= 0.3 is 0 Å². The molecule has 1 heterocycles. The number of anilines is 1. The second-order valence-corrected chi connectivity index (χ2v) is 2.88. The Morgan fingerprint density at radius 3 is 2.57 bits per heavy atom. The molecule has 0 atom stereocenters. The third-order valence-electron chi connectivity index (χ3n) is 1.87. The minimum Gasteiger partial charge on any atom is -0.393 e. The van der Waals surface area contributed by atoms with Gasteiger partial charge in [0, 0.05) is 11.8 Å². The standard InChI is InChI=1S/C10H9N3O/c11-8-6-12-9(13-10(8)14)7-4-2-1-3-5-7/h1-6H,11H2,(H,12,13,14). The number of nitrogens with one attached hydrogen (secondary N) is 1. The molecule has 0 aliphatic heterocycles. The van der Waals surface area contributed by atoms with Gasteiger partial charge in [-0.25, -0.2) is 0 Å². The number of nitrogen functional groups attached to an aromatic ring is 1. The molecule has 0 unspecified atom stereocenters. The van der Waals surface area contributed by atoms with E-state index in [1.807, 2.05) is 30.3 Å². The maximum absolute atomic E-state index is 11.2. The van der Waals surface area contributed by atoms with Crippen LogP contribution in [0.15, 0.2) is 41.3 Å². The van der Waals surface area contributed by atoms with Crippen LogP contribution in [-0.4, -0.2) is 9.97 Å². The van der Waals surface area contributed by atoms with Crippen LogP contribution < -0.4 is 11.3 Å². The summed E-state index contributed by atoms with van der Waals surface area (Å²) in [6.07, 6.45) is 1.46. The third-order valence-corrected chi connectivity index (χ3v) is 1.87. The highest BCUT2D eigenvalue weighted by molar-refractivity contribution is 5.55. The van der Waals surface area contributed by atoms with Gasteiger partial charge in [-0.3, -0.25) is 4.79 Å². The maximum atomic E-state index is 11.2. The topological polar surface area (TPSA) is 71.8 Å². The molecule has 1 aromatic heterocycles. The minimum atomic E-state index is -0.400. The predicted molar refractivity (Wildman–Crippen MR) is 54.7 cm³/mol. The molecule has 1 aromatic carbocycles. The largest absolute Gasteiger partial charge is 0.393 e. The lowest BCUT2D eigenvalue weighted by atomic mass is 10.2. The van der Waals surface area contributed by atoms with Gasteiger partial charge in [0.1, 0.15) is 11.5 Å². The summed E-state index contributed by atoms with van der Waals surface area (Å²) in [6.45, 7) is 0. The van der Waals surface area contributed by atoms with Crippen LogP contribution >= 0.6 is 0 Å². The van der Waals surface area contributed by atoms with Crippen LogP contribution in [0.25, 0.3) is 11.4 Å². The SMILES string of the molecule is Nc1c[nH]c(-c2ccccc2)nc1=O. The molecule has 0 amide bonds. The van der Waals surface area contributed by atoms with E-state index in [1.54, 1.807) is 0 Å². The van der Waals surface area contributed by atoms with E-state index in [2.05, 4.69) is 9.97 Å². The van der Waals surface area contributed by atoms with Crippen molar-refractivity contribution >= 4 is 5.69 Å². The highest BCUT2D eigenvalue weighted by Gasteiger charge is 2.00. The van der Waals surface area contributed by atoms with Crippen LogP contribution in [0.3, 0.4) is 0 Å². The number of rotatable bonds is 1. The molecule has 4 nitrogen and oxygen atoms in total. The molecule has 2 rings (SSSR count). The van der Waals surface area contributed by atoms with E-state index in [1.165, 1.54) is 6.20 Å². The molecule has 70 valence electrons. The Hall–Kier alpha value is -2.10. The summed E-state index contributed by atoms with van der Waals surface area (Å²) in [5.41, 5.74) is 5.95. The van der Waals surface area contributed by atoms with Gasteiger partial charge in [0.05, 0.1) is 0 Å². The molecule has 0 radical (unpaired) electrons. The van der Waals surface area contributed by atoms with Crippen molar-refractivity contribution in [2.75, 3.05) is 5.73 Å². The van der Waals surface area contributed by atoms with Crippen LogP contribution in [-0.2, 0) is 0 Å². The quantitative estimate of drug-likeness (QED) is 0.700. The van der Waals surface area contributed by atoms with Crippen molar-refractivity contribution in [3.8, 4) is 11.4 Å². The van der Waals surface area contributed by atoms with Crippen molar-refractivity contribution in [2.45, 2.75) is 0 Å². The number of nitrogens with two attached hydrogens (primary N) is 1. The van der Waals surface area contributed by atoms with Crippen molar-refractivity contribution in [1.29, 1.82) is 0 Å². The van der Waals surface area contributed by atoms with E-state index in [0.29, 0.717) is 5.82 Å². The van der Waals surface area contributed by atoms with Crippen LogP contribution in [0.4, 0.5) is 5.69 Å². The molecule has 2 aromatic rings. The van der Waals surface area contributed by atoms with E-state index >= 15 is 0 Å².